The minimum Gasteiger partial charge on any atom is -0.443 e. The van der Waals surface area contributed by atoms with Crippen molar-refractivity contribution in [1.29, 1.82) is 0 Å². The lowest BCUT2D eigenvalue weighted by Gasteiger charge is -2.36. The first-order valence-corrected chi connectivity index (χ1v) is 9.19. The van der Waals surface area contributed by atoms with Crippen LogP contribution in [0.2, 0.25) is 0 Å². The summed E-state index contributed by atoms with van der Waals surface area (Å²) in [5.74, 6) is -0.121. The lowest BCUT2D eigenvalue weighted by molar-refractivity contribution is -0.139. The molecule has 1 heterocycles. The zero-order valence-corrected chi connectivity index (χ0v) is 15.8. The van der Waals surface area contributed by atoms with Crippen molar-refractivity contribution in [3.05, 3.63) is 71.3 Å². The number of rotatable bonds is 7. The molecule has 1 atom stereocenters. The maximum Gasteiger partial charge on any atom is 0.435 e. The van der Waals surface area contributed by atoms with E-state index in [0.29, 0.717) is 31.5 Å². The SMILES string of the molecule is N/C(=N\C(=O)OCc1ccccc1)c1ccc(CNC(=O)C2CCN2C=O)cc1. The fourth-order valence-corrected chi connectivity index (χ4v) is 2.83. The number of nitrogens with two attached hydrogens (primary N) is 1. The molecule has 0 spiro atoms. The van der Waals surface area contributed by atoms with Crippen molar-refractivity contribution in [2.45, 2.75) is 25.6 Å². The highest BCUT2D eigenvalue weighted by molar-refractivity contribution is 6.02. The van der Waals surface area contributed by atoms with E-state index >= 15 is 0 Å². The number of amides is 3. The normalized spacial score (nSPS) is 15.9. The van der Waals surface area contributed by atoms with Crippen molar-refractivity contribution < 1.29 is 19.1 Å². The molecule has 1 saturated heterocycles. The van der Waals surface area contributed by atoms with Gasteiger partial charge < -0.3 is 20.7 Å². The molecule has 8 heteroatoms. The average Bonchev–Trinajstić information content (AvgIpc) is 2.71. The number of ether oxygens (including phenoxy) is 1. The predicted octanol–water partition coefficient (Wildman–Crippen LogP) is 1.58. The van der Waals surface area contributed by atoms with Crippen molar-refractivity contribution >= 4 is 24.2 Å². The number of benzene rings is 2. The summed E-state index contributed by atoms with van der Waals surface area (Å²) in [4.78, 5) is 39.8. The molecule has 2 aromatic carbocycles. The quantitative estimate of drug-likeness (QED) is 0.420. The second-order valence-corrected chi connectivity index (χ2v) is 6.60. The number of nitrogens with zero attached hydrogens (tertiary/aromatic N) is 2. The van der Waals surface area contributed by atoms with Crippen molar-refractivity contribution in [3.8, 4) is 0 Å². The number of carbonyl (C=O) groups is 3. The van der Waals surface area contributed by atoms with Crippen molar-refractivity contribution in [1.82, 2.24) is 10.2 Å². The molecule has 0 bridgehead atoms. The Balaban J connectivity index is 1.49. The smallest absolute Gasteiger partial charge is 0.435 e. The molecule has 150 valence electrons. The monoisotopic (exact) mass is 394 g/mol. The minimum atomic E-state index is -0.761. The topological polar surface area (TPSA) is 114 Å². The highest BCUT2D eigenvalue weighted by Gasteiger charge is 2.32. The van der Waals surface area contributed by atoms with Crippen LogP contribution in [0.3, 0.4) is 0 Å². The maximum atomic E-state index is 12.0. The number of aliphatic imine (C=N–C) groups is 1. The summed E-state index contributed by atoms with van der Waals surface area (Å²) < 4.78 is 5.08. The Morgan fingerprint density at radius 3 is 2.48 bits per heavy atom. The number of hydrogen-bond acceptors (Lipinski definition) is 4. The molecule has 1 unspecified atom stereocenters. The Morgan fingerprint density at radius 2 is 1.86 bits per heavy atom. The molecule has 8 nitrogen and oxygen atoms in total. The standard InChI is InChI=1S/C21H22N4O4/c22-19(24-21(28)29-13-16-4-2-1-3-5-16)17-8-6-15(7-9-17)12-23-20(27)18-10-11-25(18)14-26/h1-9,14,18H,10-13H2,(H,23,27)(H2,22,24,28). The van der Waals surface area contributed by atoms with Crippen LogP contribution in [-0.2, 0) is 27.5 Å². The van der Waals surface area contributed by atoms with Crippen LogP contribution in [0.5, 0.6) is 0 Å². The number of likely N-dealkylation sites (tertiary alicyclic amines) is 1. The molecule has 0 aliphatic carbocycles. The van der Waals surface area contributed by atoms with Gasteiger partial charge in [-0.25, -0.2) is 4.79 Å². The van der Waals surface area contributed by atoms with Gasteiger partial charge in [-0.3, -0.25) is 9.59 Å². The first-order valence-electron chi connectivity index (χ1n) is 9.19. The minimum absolute atomic E-state index is 0.0507. The van der Waals surface area contributed by atoms with Crippen molar-refractivity contribution in [3.63, 3.8) is 0 Å². The zero-order valence-electron chi connectivity index (χ0n) is 15.8. The fraction of sp³-hybridized carbons (Fsp3) is 0.238. The van der Waals surface area contributed by atoms with Crippen LogP contribution in [0, 0.1) is 0 Å². The van der Waals surface area contributed by atoms with E-state index in [1.807, 2.05) is 30.3 Å². The molecule has 0 radical (unpaired) electrons. The third-order valence-electron chi connectivity index (χ3n) is 4.63. The molecule has 0 saturated carbocycles. The Morgan fingerprint density at radius 1 is 1.14 bits per heavy atom. The lowest BCUT2D eigenvalue weighted by atomic mass is 10.0. The van der Waals surface area contributed by atoms with E-state index in [1.54, 1.807) is 24.3 Å². The van der Waals surface area contributed by atoms with E-state index in [-0.39, 0.29) is 24.4 Å². The van der Waals surface area contributed by atoms with Gasteiger partial charge in [0.05, 0.1) is 0 Å². The number of carbonyl (C=O) groups excluding carboxylic acids is 3. The van der Waals surface area contributed by atoms with Crippen molar-refractivity contribution in [2.24, 2.45) is 10.7 Å². The summed E-state index contributed by atoms with van der Waals surface area (Å²) in [6.07, 6.45) is 0.606. The van der Waals surface area contributed by atoms with Gasteiger partial charge in [0.15, 0.2) is 0 Å². The largest absolute Gasteiger partial charge is 0.443 e. The van der Waals surface area contributed by atoms with Gasteiger partial charge in [0, 0.05) is 18.7 Å². The molecule has 3 rings (SSSR count). The Kier molecular flexibility index (Phi) is 6.57. The van der Waals surface area contributed by atoms with Crippen molar-refractivity contribution in [2.75, 3.05) is 6.54 Å². The summed E-state index contributed by atoms with van der Waals surface area (Å²) >= 11 is 0. The Hall–Kier alpha value is -3.68. The van der Waals surface area contributed by atoms with E-state index in [0.717, 1.165) is 11.1 Å². The van der Waals surface area contributed by atoms with Crippen LogP contribution < -0.4 is 11.1 Å². The molecule has 2 aromatic rings. The van der Waals surface area contributed by atoms with Crippen LogP contribution in [0.4, 0.5) is 4.79 Å². The van der Waals surface area contributed by atoms with Crippen LogP contribution >= 0.6 is 0 Å². The molecule has 1 fully saturated rings. The second-order valence-electron chi connectivity index (χ2n) is 6.60. The molecule has 3 N–H and O–H groups in total. The molecule has 3 amide bonds. The second kappa shape index (κ2) is 9.50. The summed E-state index contributed by atoms with van der Waals surface area (Å²) in [7, 11) is 0. The van der Waals surface area contributed by atoms with Gasteiger partial charge >= 0.3 is 6.09 Å². The zero-order chi connectivity index (χ0) is 20.6. The van der Waals surface area contributed by atoms with Crippen LogP contribution in [0.15, 0.2) is 59.6 Å². The number of nitrogens with one attached hydrogen (secondary N) is 1. The van der Waals surface area contributed by atoms with Gasteiger partial charge in [0.1, 0.15) is 18.5 Å². The van der Waals surface area contributed by atoms with Gasteiger partial charge in [0.25, 0.3) is 0 Å². The van der Waals surface area contributed by atoms with E-state index in [1.165, 1.54) is 4.90 Å². The number of amidine groups is 1. The first kappa shape index (κ1) is 20.1. The summed E-state index contributed by atoms with van der Waals surface area (Å²) in [5, 5.41) is 2.80. The highest BCUT2D eigenvalue weighted by Crippen LogP contribution is 2.15. The van der Waals surface area contributed by atoms with Gasteiger partial charge in [-0.05, 0) is 17.5 Å². The van der Waals surface area contributed by atoms with E-state index in [9.17, 15) is 14.4 Å². The average molecular weight is 394 g/mol. The van der Waals surface area contributed by atoms with Crippen LogP contribution in [0.1, 0.15) is 23.1 Å². The number of hydrogen-bond donors (Lipinski definition) is 2. The van der Waals surface area contributed by atoms with Gasteiger partial charge in [-0.2, -0.15) is 4.99 Å². The third-order valence-corrected chi connectivity index (χ3v) is 4.63. The third kappa shape index (κ3) is 5.41. The van der Waals surface area contributed by atoms with Crippen LogP contribution in [-0.4, -0.2) is 41.7 Å². The van der Waals surface area contributed by atoms with E-state index in [2.05, 4.69) is 10.3 Å². The van der Waals surface area contributed by atoms with E-state index < -0.39 is 6.09 Å². The lowest BCUT2D eigenvalue weighted by Crippen LogP contribution is -2.55. The molecule has 1 aliphatic rings. The summed E-state index contributed by atoms with van der Waals surface area (Å²) in [5.41, 5.74) is 8.17. The molecule has 1 aliphatic heterocycles. The molecule has 0 aromatic heterocycles. The fourth-order valence-electron chi connectivity index (χ4n) is 2.83. The highest BCUT2D eigenvalue weighted by atomic mass is 16.5. The maximum absolute atomic E-state index is 12.0. The summed E-state index contributed by atoms with van der Waals surface area (Å²) in [6.45, 7) is 1.07. The van der Waals surface area contributed by atoms with Gasteiger partial charge in [-0.1, -0.05) is 54.6 Å². The summed E-state index contributed by atoms with van der Waals surface area (Å²) in [6, 6.07) is 15.9. The van der Waals surface area contributed by atoms with Crippen LogP contribution in [0.25, 0.3) is 0 Å². The van der Waals surface area contributed by atoms with Gasteiger partial charge in [-0.15, -0.1) is 0 Å². The molecular formula is C21H22N4O4. The van der Waals surface area contributed by atoms with Gasteiger partial charge in [0.2, 0.25) is 12.3 Å². The van der Waals surface area contributed by atoms with E-state index in [4.69, 9.17) is 10.5 Å². The Labute approximate surface area is 168 Å². The molecular weight excluding hydrogens is 372 g/mol. The Bertz CT molecular complexity index is 897. The first-order chi connectivity index (χ1) is 14.1. The molecule has 29 heavy (non-hydrogen) atoms. The predicted molar refractivity (Wildman–Crippen MR) is 107 cm³/mol.